The number of rotatable bonds is 0. The van der Waals surface area contributed by atoms with Crippen LogP contribution in [0.4, 0.5) is 0 Å². The van der Waals surface area contributed by atoms with Gasteiger partial charge in [-0.25, -0.2) is 0 Å². The molecule has 0 amide bonds. The van der Waals surface area contributed by atoms with E-state index in [1.165, 1.54) is 11.1 Å². The first-order valence-electron chi connectivity index (χ1n) is 2.49. The second kappa shape index (κ2) is 5.46. The standard InChI is InChI=1S/C7H9.2Li.2H/c1-6-3-4-7(2)5-6;;;;/h3-5H,1-2H3;;;;. The first kappa shape index (κ1) is 12.4. The summed E-state index contributed by atoms with van der Waals surface area (Å²) in [6.45, 7) is 4.21. The predicted octanol–water partition coefficient (Wildman–Crippen LogP) is 0.800. The van der Waals surface area contributed by atoms with Gasteiger partial charge in [-0.2, -0.15) is 0 Å². The van der Waals surface area contributed by atoms with Gasteiger partial charge < -0.3 is 0 Å². The van der Waals surface area contributed by atoms with Gasteiger partial charge >= 0.3 is 37.7 Å². The van der Waals surface area contributed by atoms with Gasteiger partial charge in [-0.3, -0.25) is 0 Å². The average Bonchev–Trinajstić information content (AvgIpc) is 1.87. The van der Waals surface area contributed by atoms with E-state index in [-0.39, 0.29) is 37.7 Å². The fraction of sp³-hybridized carbons (Fsp3) is 0.286. The van der Waals surface area contributed by atoms with Crippen LogP contribution in [0.2, 0.25) is 0 Å². The molecule has 0 fully saturated rings. The molecule has 0 spiro atoms. The first-order valence-corrected chi connectivity index (χ1v) is 2.49. The van der Waals surface area contributed by atoms with Crippen LogP contribution in [0.5, 0.6) is 0 Å². The van der Waals surface area contributed by atoms with E-state index in [1.807, 2.05) is 0 Å². The minimum atomic E-state index is 0. The summed E-state index contributed by atoms with van der Waals surface area (Å²) in [6, 6.07) is 0. The van der Waals surface area contributed by atoms with Crippen molar-refractivity contribution in [2.75, 3.05) is 0 Å². The van der Waals surface area contributed by atoms with E-state index >= 15 is 0 Å². The van der Waals surface area contributed by atoms with Crippen LogP contribution in [0.25, 0.3) is 0 Å². The van der Waals surface area contributed by atoms with Crippen LogP contribution in [0.3, 0.4) is 0 Å². The SMILES string of the molecule is CC1=CC=C(C)[CH]1.[LiH].[LiH]. The molecule has 0 aromatic carbocycles. The van der Waals surface area contributed by atoms with E-state index in [1.54, 1.807) is 0 Å². The second-order valence-electron chi connectivity index (χ2n) is 1.97. The van der Waals surface area contributed by atoms with Crippen molar-refractivity contribution in [1.82, 2.24) is 0 Å². The Bertz CT molecular complexity index is 118. The summed E-state index contributed by atoms with van der Waals surface area (Å²) < 4.78 is 0. The van der Waals surface area contributed by atoms with E-state index in [4.69, 9.17) is 0 Å². The van der Waals surface area contributed by atoms with E-state index in [0.29, 0.717) is 0 Å². The molecule has 1 aliphatic rings. The average molecular weight is 109 g/mol. The Hall–Kier alpha value is 0.675. The van der Waals surface area contributed by atoms with Gasteiger partial charge in [-0.1, -0.05) is 23.3 Å². The van der Waals surface area contributed by atoms with Gasteiger partial charge in [0.1, 0.15) is 0 Å². The quantitative estimate of drug-likeness (QED) is 0.403. The fourth-order valence-corrected chi connectivity index (χ4v) is 0.718. The Balaban J connectivity index is 0. The molecule has 0 bridgehead atoms. The van der Waals surface area contributed by atoms with Gasteiger partial charge in [-0.05, 0) is 13.8 Å². The third kappa shape index (κ3) is 4.13. The Morgan fingerprint density at radius 3 is 1.33 bits per heavy atom. The number of hydrogen-bond donors (Lipinski definition) is 0. The van der Waals surface area contributed by atoms with Crippen LogP contribution < -0.4 is 0 Å². The van der Waals surface area contributed by atoms with Crippen LogP contribution in [0.1, 0.15) is 13.8 Å². The van der Waals surface area contributed by atoms with Crippen LogP contribution in [-0.2, 0) is 0 Å². The molecule has 0 unspecified atom stereocenters. The summed E-state index contributed by atoms with van der Waals surface area (Å²) >= 11 is 0. The molecule has 0 aromatic heterocycles. The molecule has 0 nitrogen and oxygen atoms in total. The maximum absolute atomic E-state index is 2.17. The maximum atomic E-state index is 2.17. The van der Waals surface area contributed by atoms with Gasteiger partial charge in [0.15, 0.2) is 0 Å². The molecule has 41 valence electrons. The van der Waals surface area contributed by atoms with E-state index in [9.17, 15) is 0 Å². The zero-order chi connectivity index (χ0) is 5.28. The van der Waals surface area contributed by atoms with Gasteiger partial charge in [-0.15, -0.1) is 0 Å². The van der Waals surface area contributed by atoms with Crippen molar-refractivity contribution in [3.8, 4) is 0 Å². The van der Waals surface area contributed by atoms with Gasteiger partial charge in [0.25, 0.3) is 0 Å². The van der Waals surface area contributed by atoms with Crippen molar-refractivity contribution in [3.05, 3.63) is 29.7 Å². The normalized spacial score (nSPS) is 14.9. The molecule has 1 rings (SSSR count). The van der Waals surface area contributed by atoms with Gasteiger partial charge in [0, 0.05) is 6.42 Å². The summed E-state index contributed by atoms with van der Waals surface area (Å²) in [5.74, 6) is 0. The molecule has 0 atom stereocenters. The van der Waals surface area contributed by atoms with Crippen molar-refractivity contribution in [2.24, 2.45) is 0 Å². The molecule has 0 saturated heterocycles. The molecule has 0 aliphatic heterocycles. The Morgan fingerprint density at radius 2 is 1.22 bits per heavy atom. The summed E-state index contributed by atoms with van der Waals surface area (Å²) in [5, 5.41) is 0. The fourth-order valence-electron chi connectivity index (χ4n) is 0.718. The Morgan fingerprint density at radius 1 is 0.889 bits per heavy atom. The first-order chi connectivity index (χ1) is 3.29. The number of allylic oxidation sites excluding steroid dienone is 4. The van der Waals surface area contributed by atoms with Crippen LogP contribution in [0.15, 0.2) is 23.3 Å². The zero-order valence-corrected chi connectivity index (χ0v) is 4.73. The molecular formula is C7H11Li2. The van der Waals surface area contributed by atoms with Gasteiger partial charge in [0.05, 0.1) is 0 Å². The summed E-state index contributed by atoms with van der Waals surface area (Å²) in [5.41, 5.74) is 2.72. The molecule has 1 aliphatic carbocycles. The summed E-state index contributed by atoms with van der Waals surface area (Å²) in [4.78, 5) is 0. The molecule has 0 aromatic rings. The van der Waals surface area contributed by atoms with Crippen molar-refractivity contribution in [1.29, 1.82) is 0 Å². The van der Waals surface area contributed by atoms with Crippen molar-refractivity contribution in [3.63, 3.8) is 0 Å². The molecule has 0 heterocycles. The van der Waals surface area contributed by atoms with Crippen molar-refractivity contribution < 1.29 is 0 Å². The van der Waals surface area contributed by atoms with E-state index in [2.05, 4.69) is 32.4 Å². The van der Waals surface area contributed by atoms with Crippen molar-refractivity contribution >= 4 is 37.7 Å². The van der Waals surface area contributed by atoms with Gasteiger partial charge in [0.2, 0.25) is 0 Å². The summed E-state index contributed by atoms with van der Waals surface area (Å²) in [6.07, 6.45) is 6.41. The summed E-state index contributed by atoms with van der Waals surface area (Å²) in [7, 11) is 0. The molecule has 0 N–H and O–H groups in total. The van der Waals surface area contributed by atoms with Crippen LogP contribution in [-0.4, -0.2) is 37.7 Å². The van der Waals surface area contributed by atoms with Crippen LogP contribution >= 0.6 is 0 Å². The Labute approximate surface area is 81.1 Å². The zero-order valence-electron chi connectivity index (χ0n) is 4.73. The van der Waals surface area contributed by atoms with E-state index in [0.717, 1.165) is 0 Å². The molecule has 2 heteroatoms. The second-order valence-corrected chi connectivity index (χ2v) is 1.97. The molecular weight excluding hydrogens is 98.0 g/mol. The predicted molar refractivity (Wildman–Crippen MR) is 46.1 cm³/mol. The molecule has 0 saturated carbocycles. The molecule has 9 heavy (non-hydrogen) atoms. The monoisotopic (exact) mass is 109 g/mol. The van der Waals surface area contributed by atoms with Crippen LogP contribution in [0, 0.1) is 6.42 Å². The third-order valence-electron chi connectivity index (χ3n) is 1.06. The van der Waals surface area contributed by atoms with Crippen molar-refractivity contribution in [2.45, 2.75) is 13.8 Å². The number of hydrogen-bond acceptors (Lipinski definition) is 0. The van der Waals surface area contributed by atoms with E-state index < -0.39 is 0 Å². The molecule has 1 radical (unpaired) electrons. The minimum absolute atomic E-state index is 0. The third-order valence-corrected chi connectivity index (χ3v) is 1.06. The Kier molecular flexibility index (Phi) is 7.50. The topological polar surface area (TPSA) is 0 Å².